The molecule has 0 bridgehead atoms. The van der Waals surface area contributed by atoms with Crippen LogP contribution in [0.2, 0.25) is 10.0 Å². The molecule has 1 aromatic carbocycles. The zero-order valence-corrected chi connectivity index (χ0v) is 14.7. The number of nitrogens with zero attached hydrogens (tertiary/aromatic N) is 3. The molecule has 0 radical (unpaired) electrons. The third kappa shape index (κ3) is 3.70. The largest absolute Gasteiger partial charge is 0.478 e. The molecule has 0 unspecified atom stereocenters. The van der Waals surface area contributed by atoms with Crippen LogP contribution in [0.4, 0.5) is 5.82 Å². The molecule has 1 fully saturated rings. The zero-order chi connectivity index (χ0) is 18.0. The first-order valence-corrected chi connectivity index (χ1v) is 8.40. The van der Waals surface area contributed by atoms with Crippen LogP contribution in [0.1, 0.15) is 20.7 Å². The van der Waals surface area contributed by atoms with E-state index in [0.29, 0.717) is 47.6 Å². The maximum atomic E-state index is 12.6. The highest BCUT2D eigenvalue weighted by Gasteiger charge is 2.26. The highest BCUT2D eigenvalue weighted by Crippen LogP contribution is 2.24. The summed E-state index contributed by atoms with van der Waals surface area (Å²) in [6.45, 7) is 1.89. The molecule has 8 heteroatoms. The Balaban J connectivity index is 1.72. The second kappa shape index (κ2) is 7.29. The number of halogens is 2. The third-order valence-electron chi connectivity index (χ3n) is 4.05. The number of hydrogen-bond donors (Lipinski definition) is 1. The zero-order valence-electron chi connectivity index (χ0n) is 13.2. The lowest BCUT2D eigenvalue weighted by Crippen LogP contribution is -2.49. The summed E-state index contributed by atoms with van der Waals surface area (Å²) in [4.78, 5) is 31.7. The van der Waals surface area contributed by atoms with Crippen LogP contribution < -0.4 is 4.90 Å². The fourth-order valence-electron chi connectivity index (χ4n) is 2.77. The van der Waals surface area contributed by atoms with Crippen molar-refractivity contribution in [2.45, 2.75) is 0 Å². The van der Waals surface area contributed by atoms with Crippen molar-refractivity contribution < 1.29 is 14.7 Å². The summed E-state index contributed by atoms with van der Waals surface area (Å²) in [6.07, 6.45) is 1.56. The molecule has 0 spiro atoms. The molecular formula is C17H15Cl2N3O3. The molecule has 1 saturated heterocycles. The molecule has 1 aromatic heterocycles. The Hall–Kier alpha value is -2.31. The van der Waals surface area contributed by atoms with E-state index >= 15 is 0 Å². The summed E-state index contributed by atoms with van der Waals surface area (Å²) in [6, 6.07) is 7.90. The van der Waals surface area contributed by atoms with E-state index in [1.54, 1.807) is 35.4 Å². The fraction of sp³-hybridized carbons (Fsp3) is 0.235. The van der Waals surface area contributed by atoms with Gasteiger partial charge in [-0.3, -0.25) is 4.79 Å². The Morgan fingerprint density at radius 2 is 1.76 bits per heavy atom. The maximum absolute atomic E-state index is 12.6. The number of aromatic nitrogens is 1. The van der Waals surface area contributed by atoms with Gasteiger partial charge in [-0.25, -0.2) is 9.78 Å². The molecule has 2 aromatic rings. The molecule has 1 aliphatic heterocycles. The summed E-state index contributed by atoms with van der Waals surface area (Å²) < 4.78 is 0. The Kier molecular flexibility index (Phi) is 5.11. The van der Waals surface area contributed by atoms with E-state index in [1.165, 1.54) is 6.07 Å². The van der Waals surface area contributed by atoms with Gasteiger partial charge in [0.1, 0.15) is 11.4 Å². The second-order valence-corrected chi connectivity index (χ2v) is 6.43. The van der Waals surface area contributed by atoms with Crippen molar-refractivity contribution in [1.29, 1.82) is 0 Å². The van der Waals surface area contributed by atoms with Gasteiger partial charge < -0.3 is 14.9 Å². The monoisotopic (exact) mass is 379 g/mol. The SMILES string of the molecule is O=C(O)c1cccnc1N1CCN(C(=O)c2ccc(Cl)cc2Cl)CC1. The third-order valence-corrected chi connectivity index (χ3v) is 4.59. The molecule has 1 aliphatic rings. The van der Waals surface area contributed by atoms with Gasteiger partial charge in [-0.15, -0.1) is 0 Å². The van der Waals surface area contributed by atoms with Crippen molar-refractivity contribution in [3.05, 3.63) is 57.7 Å². The highest BCUT2D eigenvalue weighted by molar-refractivity contribution is 6.36. The van der Waals surface area contributed by atoms with E-state index in [1.807, 2.05) is 4.90 Å². The Morgan fingerprint density at radius 3 is 2.40 bits per heavy atom. The fourth-order valence-corrected chi connectivity index (χ4v) is 3.26. The van der Waals surface area contributed by atoms with Gasteiger partial charge in [0, 0.05) is 37.4 Å². The number of pyridine rings is 1. The van der Waals surface area contributed by atoms with Gasteiger partial charge in [0.25, 0.3) is 5.91 Å². The normalized spacial score (nSPS) is 14.5. The van der Waals surface area contributed by atoms with Gasteiger partial charge in [0.05, 0.1) is 10.6 Å². The number of carboxylic acid groups (broad SMARTS) is 1. The van der Waals surface area contributed by atoms with E-state index in [4.69, 9.17) is 23.2 Å². The number of aromatic carboxylic acids is 1. The first-order chi connectivity index (χ1) is 12.0. The van der Waals surface area contributed by atoms with Crippen molar-refractivity contribution in [3.8, 4) is 0 Å². The molecule has 3 rings (SSSR count). The topological polar surface area (TPSA) is 73.7 Å². The Morgan fingerprint density at radius 1 is 1.04 bits per heavy atom. The highest BCUT2D eigenvalue weighted by atomic mass is 35.5. The Labute approximate surface area is 154 Å². The van der Waals surface area contributed by atoms with Gasteiger partial charge in [-0.2, -0.15) is 0 Å². The van der Waals surface area contributed by atoms with Crippen molar-refractivity contribution in [2.24, 2.45) is 0 Å². The average molecular weight is 380 g/mol. The van der Waals surface area contributed by atoms with Gasteiger partial charge in [-0.1, -0.05) is 23.2 Å². The first kappa shape index (κ1) is 17.5. The summed E-state index contributed by atoms with van der Waals surface area (Å²) in [5.74, 6) is -0.762. The maximum Gasteiger partial charge on any atom is 0.339 e. The first-order valence-electron chi connectivity index (χ1n) is 7.65. The number of carbonyl (C=O) groups is 2. The van der Waals surface area contributed by atoms with E-state index in [0.717, 1.165) is 0 Å². The minimum absolute atomic E-state index is 0.156. The van der Waals surface area contributed by atoms with Gasteiger partial charge in [0.15, 0.2) is 0 Å². The van der Waals surface area contributed by atoms with E-state index in [9.17, 15) is 14.7 Å². The standard InChI is InChI=1S/C17H15Cl2N3O3/c18-11-3-4-12(14(19)10-11)16(23)22-8-6-21(7-9-22)15-13(17(24)25)2-1-5-20-15/h1-5,10H,6-9H2,(H,24,25). The molecule has 1 N–H and O–H groups in total. The average Bonchev–Trinajstić information content (AvgIpc) is 2.61. The van der Waals surface area contributed by atoms with Crippen molar-refractivity contribution in [2.75, 3.05) is 31.1 Å². The summed E-state index contributed by atoms with van der Waals surface area (Å²) in [5, 5.41) is 10.1. The number of rotatable bonds is 3. The second-order valence-electron chi connectivity index (χ2n) is 5.58. The van der Waals surface area contributed by atoms with Crippen LogP contribution in [0.5, 0.6) is 0 Å². The van der Waals surface area contributed by atoms with Crippen LogP contribution in [0, 0.1) is 0 Å². The van der Waals surface area contributed by atoms with E-state index in [2.05, 4.69) is 4.98 Å². The smallest absolute Gasteiger partial charge is 0.339 e. The van der Waals surface area contributed by atoms with E-state index < -0.39 is 5.97 Å². The number of anilines is 1. The quantitative estimate of drug-likeness (QED) is 0.886. The van der Waals surface area contributed by atoms with Crippen molar-refractivity contribution in [1.82, 2.24) is 9.88 Å². The molecule has 2 heterocycles. The number of carbonyl (C=O) groups excluding carboxylic acids is 1. The summed E-state index contributed by atoms with van der Waals surface area (Å²) in [5.41, 5.74) is 0.562. The molecular weight excluding hydrogens is 365 g/mol. The minimum Gasteiger partial charge on any atom is -0.478 e. The lowest BCUT2D eigenvalue weighted by atomic mass is 10.1. The van der Waals surface area contributed by atoms with Gasteiger partial charge in [0.2, 0.25) is 0 Å². The van der Waals surface area contributed by atoms with Crippen molar-refractivity contribution >= 4 is 40.9 Å². The van der Waals surface area contributed by atoms with Crippen LogP contribution in [0.3, 0.4) is 0 Å². The molecule has 0 aliphatic carbocycles. The molecule has 25 heavy (non-hydrogen) atoms. The number of piperazine rings is 1. The lowest BCUT2D eigenvalue weighted by molar-refractivity contribution is 0.0692. The Bertz CT molecular complexity index is 821. The summed E-state index contributed by atoms with van der Waals surface area (Å²) in [7, 11) is 0. The van der Waals surface area contributed by atoms with Crippen LogP contribution in [-0.2, 0) is 0 Å². The molecule has 0 saturated carbocycles. The number of benzene rings is 1. The van der Waals surface area contributed by atoms with Crippen LogP contribution >= 0.6 is 23.2 Å². The molecule has 6 nitrogen and oxygen atoms in total. The van der Waals surface area contributed by atoms with E-state index in [-0.39, 0.29) is 11.5 Å². The predicted octanol–water partition coefficient (Wildman–Crippen LogP) is 3.05. The summed E-state index contributed by atoms with van der Waals surface area (Å²) >= 11 is 12.0. The van der Waals surface area contributed by atoms with Gasteiger partial charge >= 0.3 is 5.97 Å². The predicted molar refractivity (Wildman–Crippen MR) is 95.8 cm³/mol. The lowest BCUT2D eigenvalue weighted by Gasteiger charge is -2.36. The molecule has 1 amide bonds. The van der Waals surface area contributed by atoms with Crippen LogP contribution in [0.15, 0.2) is 36.5 Å². The van der Waals surface area contributed by atoms with Gasteiger partial charge in [-0.05, 0) is 30.3 Å². The number of hydrogen-bond acceptors (Lipinski definition) is 4. The molecule has 130 valence electrons. The van der Waals surface area contributed by atoms with Crippen LogP contribution in [0.25, 0.3) is 0 Å². The minimum atomic E-state index is -1.02. The number of carboxylic acids is 1. The van der Waals surface area contributed by atoms with Crippen molar-refractivity contribution in [3.63, 3.8) is 0 Å². The number of amides is 1. The van der Waals surface area contributed by atoms with Crippen LogP contribution in [-0.4, -0.2) is 53.0 Å². The molecule has 0 atom stereocenters.